The summed E-state index contributed by atoms with van der Waals surface area (Å²) >= 11 is 0. The van der Waals surface area contributed by atoms with Gasteiger partial charge in [-0.25, -0.2) is 4.79 Å². The number of nitriles is 1. The number of rotatable bonds is 6. The van der Waals surface area contributed by atoms with Crippen LogP contribution in [0.3, 0.4) is 0 Å². The van der Waals surface area contributed by atoms with Crippen molar-refractivity contribution in [2.75, 3.05) is 33.8 Å². The van der Waals surface area contributed by atoms with Crippen LogP contribution in [-0.2, 0) is 4.79 Å². The van der Waals surface area contributed by atoms with Gasteiger partial charge in [0.2, 0.25) is 0 Å². The minimum Gasteiger partial charge on any atom is -0.484 e. The molecular weight excluding hydrogens is 272 g/mol. The molecule has 0 aliphatic rings. The van der Waals surface area contributed by atoms with Crippen molar-refractivity contribution in [3.63, 3.8) is 0 Å². The van der Waals surface area contributed by atoms with Crippen molar-refractivity contribution in [3.05, 3.63) is 29.8 Å². The molecule has 0 saturated heterocycles. The third kappa shape index (κ3) is 6.29. The maximum Gasteiger partial charge on any atom is 0.316 e. The van der Waals surface area contributed by atoms with E-state index in [0.717, 1.165) is 0 Å². The summed E-state index contributed by atoms with van der Waals surface area (Å²) in [5.74, 6) is 0.239. The van der Waals surface area contributed by atoms with Crippen LogP contribution in [0.4, 0.5) is 4.79 Å². The van der Waals surface area contributed by atoms with E-state index in [1.807, 2.05) is 6.07 Å². The van der Waals surface area contributed by atoms with Gasteiger partial charge in [0.25, 0.3) is 5.91 Å². The lowest BCUT2D eigenvalue weighted by molar-refractivity contribution is -0.123. The van der Waals surface area contributed by atoms with Crippen molar-refractivity contribution < 1.29 is 14.3 Å². The summed E-state index contributed by atoms with van der Waals surface area (Å²) in [7, 11) is 3.28. The Kier molecular flexibility index (Phi) is 6.54. The average Bonchev–Trinajstić information content (AvgIpc) is 2.49. The molecule has 112 valence electrons. The number of carbonyl (C=O) groups excluding carboxylic acids is 2. The summed E-state index contributed by atoms with van der Waals surface area (Å²) in [6.07, 6.45) is 0. The van der Waals surface area contributed by atoms with Crippen LogP contribution < -0.4 is 15.4 Å². The minimum atomic E-state index is -0.279. The molecule has 0 aromatic heterocycles. The first-order chi connectivity index (χ1) is 10.0. The lowest BCUT2D eigenvalue weighted by atomic mass is 10.2. The fourth-order valence-electron chi connectivity index (χ4n) is 1.36. The number of nitrogens with one attached hydrogen (secondary N) is 2. The van der Waals surface area contributed by atoms with E-state index in [4.69, 9.17) is 10.00 Å². The molecule has 1 aromatic carbocycles. The van der Waals surface area contributed by atoms with E-state index in [0.29, 0.717) is 24.4 Å². The molecule has 2 N–H and O–H groups in total. The Bertz CT molecular complexity index is 520. The number of carbonyl (C=O) groups is 2. The second-order valence-electron chi connectivity index (χ2n) is 4.40. The Morgan fingerprint density at radius 2 is 1.81 bits per heavy atom. The van der Waals surface area contributed by atoms with E-state index in [1.165, 1.54) is 4.90 Å². The summed E-state index contributed by atoms with van der Waals surface area (Å²) < 4.78 is 5.27. The van der Waals surface area contributed by atoms with Gasteiger partial charge in [-0.2, -0.15) is 5.26 Å². The topological polar surface area (TPSA) is 94.5 Å². The molecule has 0 radical (unpaired) electrons. The predicted octanol–water partition coefficient (Wildman–Crippen LogP) is 0.324. The van der Waals surface area contributed by atoms with Gasteiger partial charge >= 0.3 is 6.03 Å². The zero-order chi connectivity index (χ0) is 15.7. The Labute approximate surface area is 123 Å². The van der Waals surface area contributed by atoms with Crippen molar-refractivity contribution in [2.24, 2.45) is 0 Å². The molecule has 0 bridgehead atoms. The van der Waals surface area contributed by atoms with Crippen LogP contribution in [0, 0.1) is 11.3 Å². The van der Waals surface area contributed by atoms with Gasteiger partial charge in [0.15, 0.2) is 6.61 Å². The number of hydrogen-bond donors (Lipinski definition) is 2. The van der Waals surface area contributed by atoms with Crippen molar-refractivity contribution in [1.82, 2.24) is 15.5 Å². The van der Waals surface area contributed by atoms with Crippen molar-refractivity contribution >= 4 is 11.9 Å². The number of urea groups is 1. The van der Waals surface area contributed by atoms with E-state index < -0.39 is 0 Å². The molecule has 0 aliphatic heterocycles. The first-order valence-electron chi connectivity index (χ1n) is 6.37. The number of nitrogens with zero attached hydrogens (tertiary/aromatic N) is 2. The second-order valence-corrected chi connectivity index (χ2v) is 4.40. The summed E-state index contributed by atoms with van der Waals surface area (Å²) in [5, 5.41) is 13.9. The molecule has 3 amide bonds. The summed E-state index contributed by atoms with van der Waals surface area (Å²) in [4.78, 5) is 24.1. The molecule has 0 spiro atoms. The Hall–Kier alpha value is -2.75. The highest BCUT2D eigenvalue weighted by Gasteiger charge is 2.04. The van der Waals surface area contributed by atoms with Gasteiger partial charge < -0.3 is 20.3 Å². The van der Waals surface area contributed by atoms with Gasteiger partial charge in [0, 0.05) is 27.2 Å². The van der Waals surface area contributed by atoms with Crippen molar-refractivity contribution in [3.8, 4) is 11.8 Å². The van der Waals surface area contributed by atoms with Gasteiger partial charge in [-0.1, -0.05) is 0 Å². The highest BCUT2D eigenvalue weighted by Crippen LogP contribution is 2.10. The zero-order valence-electron chi connectivity index (χ0n) is 12.0. The fourth-order valence-corrected chi connectivity index (χ4v) is 1.36. The molecule has 0 heterocycles. The zero-order valence-corrected chi connectivity index (χ0v) is 12.0. The highest BCUT2D eigenvalue weighted by atomic mass is 16.5. The molecule has 0 unspecified atom stereocenters. The average molecular weight is 290 g/mol. The van der Waals surface area contributed by atoms with Crippen LogP contribution in [0.5, 0.6) is 5.75 Å². The number of amides is 3. The fraction of sp³-hybridized carbons (Fsp3) is 0.357. The lowest BCUT2D eigenvalue weighted by Crippen LogP contribution is -2.40. The molecule has 1 rings (SSSR count). The van der Waals surface area contributed by atoms with E-state index >= 15 is 0 Å². The van der Waals surface area contributed by atoms with Crippen LogP contribution in [0.2, 0.25) is 0 Å². The van der Waals surface area contributed by atoms with Crippen LogP contribution in [-0.4, -0.2) is 50.6 Å². The molecular formula is C14H18N4O3. The van der Waals surface area contributed by atoms with E-state index in [1.54, 1.807) is 38.4 Å². The smallest absolute Gasteiger partial charge is 0.316 e. The van der Waals surface area contributed by atoms with Gasteiger partial charge in [-0.15, -0.1) is 0 Å². The van der Waals surface area contributed by atoms with Crippen molar-refractivity contribution in [1.29, 1.82) is 5.26 Å². The van der Waals surface area contributed by atoms with E-state index in [-0.39, 0.29) is 18.5 Å². The molecule has 0 fully saturated rings. The van der Waals surface area contributed by atoms with Gasteiger partial charge in [-0.3, -0.25) is 4.79 Å². The molecule has 21 heavy (non-hydrogen) atoms. The van der Waals surface area contributed by atoms with Crippen LogP contribution >= 0.6 is 0 Å². The standard InChI is InChI=1S/C14H18N4O3/c1-18(2)14(20)17-8-7-16-13(19)10-21-12-5-3-11(9-15)4-6-12/h3-6H,7-8,10H2,1-2H3,(H,16,19)(H,17,20). The lowest BCUT2D eigenvalue weighted by Gasteiger charge is -2.12. The Balaban J connectivity index is 2.19. The summed E-state index contributed by atoms with van der Waals surface area (Å²) in [5.41, 5.74) is 0.531. The first-order valence-corrected chi connectivity index (χ1v) is 6.37. The monoisotopic (exact) mass is 290 g/mol. The highest BCUT2D eigenvalue weighted by molar-refractivity contribution is 5.77. The van der Waals surface area contributed by atoms with E-state index in [2.05, 4.69) is 10.6 Å². The number of ether oxygens (including phenoxy) is 1. The summed E-state index contributed by atoms with van der Waals surface area (Å²) in [6.45, 7) is 0.558. The van der Waals surface area contributed by atoms with Crippen molar-refractivity contribution in [2.45, 2.75) is 0 Å². The Morgan fingerprint density at radius 1 is 1.19 bits per heavy atom. The molecule has 7 heteroatoms. The van der Waals surface area contributed by atoms with Crippen LogP contribution in [0.25, 0.3) is 0 Å². The number of hydrogen-bond acceptors (Lipinski definition) is 4. The van der Waals surface area contributed by atoms with E-state index in [9.17, 15) is 9.59 Å². The first kappa shape index (κ1) is 16.3. The second kappa shape index (κ2) is 8.43. The van der Waals surface area contributed by atoms with Gasteiger partial charge in [0.05, 0.1) is 11.6 Å². The SMILES string of the molecule is CN(C)C(=O)NCCNC(=O)COc1ccc(C#N)cc1. The van der Waals surface area contributed by atoms with Gasteiger partial charge in [0.1, 0.15) is 5.75 Å². The maximum atomic E-state index is 11.5. The van der Waals surface area contributed by atoms with Crippen LogP contribution in [0.15, 0.2) is 24.3 Å². The predicted molar refractivity (Wildman–Crippen MR) is 76.7 cm³/mol. The molecule has 7 nitrogen and oxygen atoms in total. The normalized spacial score (nSPS) is 9.38. The molecule has 0 aliphatic carbocycles. The minimum absolute atomic E-state index is 0.118. The maximum absolute atomic E-state index is 11.5. The van der Waals surface area contributed by atoms with Gasteiger partial charge in [-0.05, 0) is 24.3 Å². The molecule has 0 atom stereocenters. The molecule has 0 saturated carbocycles. The third-order valence-corrected chi connectivity index (χ3v) is 2.48. The molecule has 1 aromatic rings. The summed E-state index contributed by atoms with van der Waals surface area (Å²) in [6, 6.07) is 8.27. The van der Waals surface area contributed by atoms with Crippen LogP contribution in [0.1, 0.15) is 5.56 Å². The quantitative estimate of drug-likeness (QED) is 0.738. The Morgan fingerprint density at radius 3 is 2.38 bits per heavy atom. The number of benzene rings is 1. The third-order valence-electron chi connectivity index (χ3n) is 2.48. The largest absolute Gasteiger partial charge is 0.484 e.